The van der Waals surface area contributed by atoms with Crippen molar-refractivity contribution in [2.24, 2.45) is 0 Å². The molecule has 0 saturated heterocycles. The molecular weight excluding hydrogens is 262 g/mol. The Bertz CT molecular complexity index is 427. The molecule has 0 aliphatic rings. The molecule has 2 N–H and O–H groups in total. The fourth-order valence-corrected chi connectivity index (χ4v) is 3.57. The molecule has 0 atom stereocenters. The average Bonchev–Trinajstić information content (AvgIpc) is 2.78. The van der Waals surface area contributed by atoms with Gasteiger partial charge in [-0.2, -0.15) is 0 Å². The van der Waals surface area contributed by atoms with Gasteiger partial charge < -0.3 is 9.84 Å². The minimum atomic E-state index is -3.42. The monoisotopic (exact) mass is 279 g/mol. The number of unbranched alkanes of at least 4 members (excludes halogenated alkanes) is 1. The number of hydrogen-bond donors (Lipinski definition) is 2. The van der Waals surface area contributed by atoms with E-state index in [-0.39, 0.29) is 10.8 Å². The first-order valence-electron chi connectivity index (χ1n) is 5.28. The third kappa shape index (κ3) is 4.72. The van der Waals surface area contributed by atoms with Gasteiger partial charge in [-0.05, 0) is 25.0 Å². The fourth-order valence-electron chi connectivity index (χ4n) is 1.24. The molecule has 0 aliphatic heterocycles. The van der Waals surface area contributed by atoms with Gasteiger partial charge in [-0.15, -0.1) is 11.3 Å². The van der Waals surface area contributed by atoms with Crippen LogP contribution in [-0.2, 0) is 21.4 Å². The van der Waals surface area contributed by atoms with Crippen molar-refractivity contribution in [3.63, 3.8) is 0 Å². The van der Waals surface area contributed by atoms with Gasteiger partial charge in [-0.1, -0.05) is 0 Å². The molecule has 0 bridgehead atoms. The molecule has 5 nitrogen and oxygen atoms in total. The Hall–Kier alpha value is -0.470. The summed E-state index contributed by atoms with van der Waals surface area (Å²) in [6.07, 6.45) is 1.57. The van der Waals surface area contributed by atoms with Crippen molar-refractivity contribution in [3.8, 4) is 0 Å². The zero-order valence-corrected chi connectivity index (χ0v) is 11.3. The van der Waals surface area contributed by atoms with Crippen molar-refractivity contribution in [1.29, 1.82) is 0 Å². The molecular formula is C10H17NO4S2. The summed E-state index contributed by atoms with van der Waals surface area (Å²) in [7, 11) is -1.80. The molecule has 1 rings (SSSR count). The molecule has 0 unspecified atom stereocenters. The average molecular weight is 279 g/mol. The second kappa shape index (κ2) is 7.07. The lowest BCUT2D eigenvalue weighted by atomic mass is 10.3. The summed E-state index contributed by atoms with van der Waals surface area (Å²) in [4.78, 5) is 0.643. The third-order valence-corrected chi connectivity index (χ3v) is 5.15. The van der Waals surface area contributed by atoms with E-state index in [1.54, 1.807) is 13.2 Å². The van der Waals surface area contributed by atoms with E-state index < -0.39 is 10.0 Å². The summed E-state index contributed by atoms with van der Waals surface area (Å²) in [5, 5.41) is 8.87. The van der Waals surface area contributed by atoms with Crippen LogP contribution in [0.3, 0.4) is 0 Å². The van der Waals surface area contributed by atoms with E-state index in [1.807, 2.05) is 0 Å². The number of methoxy groups -OCH3 is 1. The van der Waals surface area contributed by atoms with Crippen molar-refractivity contribution in [2.45, 2.75) is 23.7 Å². The van der Waals surface area contributed by atoms with Gasteiger partial charge in [0.25, 0.3) is 0 Å². The quantitative estimate of drug-likeness (QED) is 0.695. The van der Waals surface area contributed by atoms with Gasteiger partial charge in [0.05, 0.1) is 6.61 Å². The van der Waals surface area contributed by atoms with Gasteiger partial charge in [0.1, 0.15) is 4.21 Å². The number of thiophene rings is 1. The van der Waals surface area contributed by atoms with Crippen LogP contribution in [0.2, 0.25) is 0 Å². The second-order valence-corrected chi connectivity index (χ2v) is 6.64. The van der Waals surface area contributed by atoms with Crippen LogP contribution in [0, 0.1) is 0 Å². The van der Waals surface area contributed by atoms with Crippen LogP contribution in [0.15, 0.2) is 16.3 Å². The molecule has 0 saturated carbocycles. The number of ether oxygens (including phenoxy) is 1. The molecule has 0 radical (unpaired) electrons. The van der Waals surface area contributed by atoms with E-state index in [9.17, 15) is 8.42 Å². The topological polar surface area (TPSA) is 75.6 Å². The Morgan fingerprint density at radius 2 is 2.18 bits per heavy atom. The van der Waals surface area contributed by atoms with E-state index in [0.29, 0.717) is 18.0 Å². The van der Waals surface area contributed by atoms with E-state index in [1.165, 1.54) is 6.07 Å². The highest BCUT2D eigenvalue weighted by Gasteiger charge is 2.15. The summed E-state index contributed by atoms with van der Waals surface area (Å²) >= 11 is 1.08. The lowest BCUT2D eigenvalue weighted by Crippen LogP contribution is -2.24. The van der Waals surface area contributed by atoms with Gasteiger partial charge in [0.15, 0.2) is 0 Å². The van der Waals surface area contributed by atoms with Crippen molar-refractivity contribution in [1.82, 2.24) is 4.72 Å². The van der Waals surface area contributed by atoms with Gasteiger partial charge in [0.2, 0.25) is 10.0 Å². The Morgan fingerprint density at radius 1 is 1.41 bits per heavy atom. The van der Waals surface area contributed by atoms with E-state index in [4.69, 9.17) is 9.84 Å². The Morgan fingerprint density at radius 3 is 2.76 bits per heavy atom. The Balaban J connectivity index is 2.45. The van der Waals surface area contributed by atoms with E-state index in [2.05, 4.69) is 4.72 Å². The summed E-state index contributed by atoms with van der Waals surface area (Å²) in [6.45, 7) is 0.904. The maximum absolute atomic E-state index is 11.8. The van der Waals surface area contributed by atoms with Crippen molar-refractivity contribution in [3.05, 3.63) is 17.0 Å². The SMILES string of the molecule is COCCCCNS(=O)(=O)c1ccc(CO)s1. The van der Waals surface area contributed by atoms with Crippen LogP contribution < -0.4 is 4.72 Å². The molecule has 1 aromatic heterocycles. The first-order valence-corrected chi connectivity index (χ1v) is 7.58. The van der Waals surface area contributed by atoms with Crippen LogP contribution in [0.25, 0.3) is 0 Å². The molecule has 98 valence electrons. The number of aliphatic hydroxyl groups excluding tert-OH is 1. The van der Waals surface area contributed by atoms with Gasteiger partial charge in [0, 0.05) is 25.1 Å². The molecule has 1 aromatic rings. The Labute approximate surface area is 105 Å². The molecule has 0 spiro atoms. The normalized spacial score (nSPS) is 11.9. The molecule has 0 aliphatic carbocycles. The predicted molar refractivity (Wildman–Crippen MR) is 66.5 cm³/mol. The zero-order valence-electron chi connectivity index (χ0n) is 9.68. The smallest absolute Gasteiger partial charge is 0.250 e. The number of nitrogens with one attached hydrogen (secondary N) is 1. The van der Waals surface area contributed by atoms with Crippen LogP contribution >= 0.6 is 11.3 Å². The van der Waals surface area contributed by atoms with Gasteiger partial charge in [-0.3, -0.25) is 0 Å². The predicted octanol–water partition coefficient (Wildman–Crippen LogP) is 0.945. The number of sulfonamides is 1. The molecule has 0 fully saturated rings. The second-order valence-electron chi connectivity index (χ2n) is 3.48. The molecule has 17 heavy (non-hydrogen) atoms. The Kier molecular flexibility index (Phi) is 6.07. The summed E-state index contributed by atoms with van der Waals surface area (Å²) in [6, 6.07) is 3.12. The zero-order chi connectivity index (χ0) is 12.7. The molecule has 0 amide bonds. The highest BCUT2D eigenvalue weighted by Crippen LogP contribution is 2.21. The van der Waals surface area contributed by atoms with Crippen LogP contribution in [0.1, 0.15) is 17.7 Å². The maximum Gasteiger partial charge on any atom is 0.250 e. The minimum absolute atomic E-state index is 0.131. The first-order chi connectivity index (χ1) is 8.10. The van der Waals surface area contributed by atoms with Gasteiger partial charge >= 0.3 is 0 Å². The summed E-state index contributed by atoms with van der Waals surface area (Å²) in [5.41, 5.74) is 0. The lowest BCUT2D eigenvalue weighted by molar-refractivity contribution is 0.193. The molecule has 1 heterocycles. The summed E-state index contributed by atoms with van der Waals surface area (Å²) in [5.74, 6) is 0. The van der Waals surface area contributed by atoms with E-state index >= 15 is 0 Å². The van der Waals surface area contributed by atoms with Crippen molar-refractivity contribution >= 4 is 21.4 Å². The third-order valence-electron chi connectivity index (χ3n) is 2.13. The largest absolute Gasteiger partial charge is 0.391 e. The highest BCUT2D eigenvalue weighted by atomic mass is 32.2. The number of hydrogen-bond acceptors (Lipinski definition) is 5. The van der Waals surface area contributed by atoms with Crippen LogP contribution in [0.4, 0.5) is 0 Å². The van der Waals surface area contributed by atoms with Crippen molar-refractivity contribution < 1.29 is 18.3 Å². The minimum Gasteiger partial charge on any atom is -0.391 e. The van der Waals surface area contributed by atoms with Gasteiger partial charge in [-0.25, -0.2) is 13.1 Å². The summed E-state index contributed by atoms with van der Waals surface area (Å²) < 4.78 is 31.2. The van der Waals surface area contributed by atoms with E-state index in [0.717, 1.165) is 24.2 Å². The molecule has 0 aromatic carbocycles. The fraction of sp³-hybridized carbons (Fsp3) is 0.600. The standard InChI is InChI=1S/C10H17NO4S2/c1-15-7-3-2-6-11-17(13,14)10-5-4-9(8-12)16-10/h4-5,11-12H,2-3,6-8H2,1H3. The van der Waals surface area contributed by atoms with Crippen LogP contribution in [-0.4, -0.2) is 33.8 Å². The molecule has 7 heteroatoms. The van der Waals surface area contributed by atoms with Crippen LogP contribution in [0.5, 0.6) is 0 Å². The first kappa shape index (κ1) is 14.6. The number of rotatable bonds is 8. The number of aliphatic hydroxyl groups is 1. The van der Waals surface area contributed by atoms with Crippen molar-refractivity contribution in [2.75, 3.05) is 20.3 Å². The lowest BCUT2D eigenvalue weighted by Gasteiger charge is -2.04. The highest BCUT2D eigenvalue weighted by molar-refractivity contribution is 7.91. The maximum atomic E-state index is 11.8.